The molecule has 12 aromatic carbocycles. The molecule has 0 atom stereocenters. The van der Waals surface area contributed by atoms with Gasteiger partial charge >= 0.3 is 0 Å². The predicted octanol–water partition coefficient (Wildman–Crippen LogP) is 17.5. The molecule has 3 nitrogen and oxygen atoms in total. The Morgan fingerprint density at radius 1 is 0.257 bits per heavy atom. The van der Waals surface area contributed by atoms with Crippen molar-refractivity contribution in [2.75, 3.05) is 14.7 Å². The fraction of sp³-hybridized carbons (Fsp3) is 0.0303. The third-order valence-corrected chi connectivity index (χ3v) is 18.0. The number of hydrogen-bond donors (Lipinski definition) is 0. The molecule has 0 unspecified atom stereocenters. The summed E-state index contributed by atoms with van der Waals surface area (Å²) in [6.07, 6.45) is 0. The summed E-state index contributed by atoms with van der Waals surface area (Å²) in [7, 11) is -2.50. The predicted molar refractivity (Wildman–Crippen MR) is 303 cm³/mol. The first-order chi connectivity index (χ1) is 34.5. The summed E-state index contributed by atoms with van der Waals surface area (Å²) in [4.78, 5) is 7.41. The van der Waals surface area contributed by atoms with E-state index in [-0.39, 0.29) is 0 Å². The van der Waals surface area contributed by atoms with Gasteiger partial charge in [0.2, 0.25) is 0 Å². The number of nitrogens with zero attached hydrogens (tertiary/aromatic N) is 3. The number of rotatable bonds is 9. The second-order valence-electron chi connectivity index (χ2n) is 18.9. The zero-order valence-electron chi connectivity index (χ0n) is 39.2. The Morgan fingerprint density at radius 2 is 0.629 bits per heavy atom. The van der Waals surface area contributed by atoms with Crippen molar-refractivity contribution in [1.29, 1.82) is 0 Å². The Kier molecular flexibility index (Phi) is 9.96. The number of para-hydroxylation sites is 3. The molecule has 0 saturated heterocycles. The molecule has 1 aliphatic heterocycles. The van der Waals surface area contributed by atoms with Gasteiger partial charge in [-0.1, -0.05) is 183 Å². The van der Waals surface area contributed by atoms with Gasteiger partial charge in [0.15, 0.2) is 0 Å². The fourth-order valence-corrected chi connectivity index (χ4v) is 14.3. The molecular formula is C66H49N3Si. The third-order valence-electron chi connectivity index (χ3n) is 14.5. The average molecular weight is 912 g/mol. The molecule has 0 amide bonds. The van der Waals surface area contributed by atoms with E-state index in [4.69, 9.17) is 0 Å². The van der Waals surface area contributed by atoms with Crippen molar-refractivity contribution in [3.8, 4) is 11.1 Å². The molecule has 332 valence electrons. The van der Waals surface area contributed by atoms with Crippen molar-refractivity contribution in [1.82, 2.24) is 0 Å². The second kappa shape index (κ2) is 16.8. The van der Waals surface area contributed by atoms with Gasteiger partial charge in [-0.15, -0.1) is 0 Å². The maximum atomic E-state index is 2.56. The SMILES string of the molecule is C[Si]1(C)c2cc(N(c3ccccc3)c3cccc4ccccc34)ccc2-c2cc(N(c3ccccc3)c3cccc4ccccc34)cc3cc(N(c4ccccc4)c4cccc5ccccc45)cc1c23. The molecule has 0 saturated carbocycles. The van der Waals surface area contributed by atoms with E-state index in [2.05, 4.69) is 289 Å². The summed E-state index contributed by atoms with van der Waals surface area (Å²) < 4.78 is 0. The Balaban J connectivity index is 1.11. The Morgan fingerprint density at radius 3 is 1.09 bits per heavy atom. The lowest BCUT2D eigenvalue weighted by Gasteiger charge is -2.38. The van der Waals surface area contributed by atoms with Crippen molar-refractivity contribution in [2.24, 2.45) is 0 Å². The molecular weight excluding hydrogens is 863 g/mol. The Labute approximate surface area is 410 Å². The largest absolute Gasteiger partial charge is 0.310 e. The van der Waals surface area contributed by atoms with Crippen LogP contribution in [0.5, 0.6) is 0 Å². The maximum absolute atomic E-state index is 2.56. The lowest BCUT2D eigenvalue weighted by atomic mass is 9.94. The van der Waals surface area contributed by atoms with Crippen molar-refractivity contribution in [3.05, 3.63) is 261 Å². The number of hydrogen-bond acceptors (Lipinski definition) is 3. The van der Waals surface area contributed by atoms with E-state index in [0.717, 1.165) is 51.2 Å². The van der Waals surface area contributed by atoms with Crippen LogP contribution in [0.15, 0.2) is 261 Å². The first kappa shape index (κ1) is 41.5. The lowest BCUT2D eigenvalue weighted by molar-refractivity contribution is 1.29. The molecule has 70 heavy (non-hydrogen) atoms. The molecule has 13 rings (SSSR count). The summed E-state index contributed by atoms with van der Waals surface area (Å²) in [6.45, 7) is 5.12. The molecule has 0 N–H and O–H groups in total. The van der Waals surface area contributed by atoms with Crippen molar-refractivity contribution < 1.29 is 0 Å². The van der Waals surface area contributed by atoms with Crippen LogP contribution in [0.25, 0.3) is 54.2 Å². The van der Waals surface area contributed by atoms with Crippen LogP contribution in [0.2, 0.25) is 13.1 Å². The molecule has 1 heterocycles. The van der Waals surface area contributed by atoms with Crippen LogP contribution in [0.3, 0.4) is 0 Å². The molecule has 0 aromatic heterocycles. The van der Waals surface area contributed by atoms with Gasteiger partial charge in [-0.25, -0.2) is 0 Å². The topological polar surface area (TPSA) is 9.72 Å². The molecule has 1 aliphatic rings. The molecule has 4 heteroatoms. The minimum atomic E-state index is -2.50. The van der Waals surface area contributed by atoms with Crippen LogP contribution in [0.1, 0.15) is 0 Å². The zero-order chi connectivity index (χ0) is 46.8. The third kappa shape index (κ3) is 6.87. The molecule has 0 aliphatic carbocycles. The number of fused-ring (bicyclic) bond motifs is 5. The standard InChI is InChI=1S/C66H49N3Si/c1-70(2)64-44-53(67(50-27-6-3-7-28-50)61-36-18-24-46-21-12-15-33-56(46)61)39-40-59(64)60-43-54(68(51-29-8-4-9-30-51)62-37-19-25-47-22-13-16-34-57(47)62)41-49-42-55(45-65(70)66(49)60)69(52-31-10-5-11-32-52)63-38-20-26-48-23-14-17-35-58(48)63/h3-45H,1-2H3. The highest BCUT2D eigenvalue weighted by atomic mass is 28.3. The van der Waals surface area contributed by atoms with Crippen molar-refractivity contribution in [2.45, 2.75) is 13.1 Å². The normalized spacial score (nSPS) is 12.5. The second-order valence-corrected chi connectivity index (χ2v) is 23.3. The summed E-state index contributed by atoms with van der Waals surface area (Å²) in [6, 6.07) is 96.2. The van der Waals surface area contributed by atoms with E-state index < -0.39 is 8.07 Å². The van der Waals surface area contributed by atoms with Gasteiger partial charge in [-0.05, 0) is 139 Å². The van der Waals surface area contributed by atoms with E-state index in [1.165, 1.54) is 64.6 Å². The van der Waals surface area contributed by atoms with Gasteiger partial charge < -0.3 is 14.7 Å². The minimum Gasteiger partial charge on any atom is -0.310 e. The Hall–Kier alpha value is -8.70. The molecule has 0 radical (unpaired) electrons. The monoisotopic (exact) mass is 911 g/mol. The quantitative estimate of drug-likeness (QED) is 0.134. The van der Waals surface area contributed by atoms with Crippen molar-refractivity contribution >= 4 is 113 Å². The van der Waals surface area contributed by atoms with Crippen LogP contribution < -0.4 is 25.1 Å². The van der Waals surface area contributed by atoms with Gasteiger partial charge in [0.05, 0.1) is 17.1 Å². The van der Waals surface area contributed by atoms with E-state index in [9.17, 15) is 0 Å². The van der Waals surface area contributed by atoms with E-state index in [1.54, 1.807) is 0 Å². The average Bonchev–Trinajstić information content (AvgIpc) is 3.41. The van der Waals surface area contributed by atoms with E-state index >= 15 is 0 Å². The smallest absolute Gasteiger partial charge is 0.114 e. The molecule has 12 aromatic rings. The summed E-state index contributed by atoms with van der Waals surface area (Å²) in [5, 5.41) is 12.7. The zero-order valence-corrected chi connectivity index (χ0v) is 40.2. The van der Waals surface area contributed by atoms with Gasteiger partial charge in [0, 0.05) is 50.3 Å². The number of benzene rings is 12. The van der Waals surface area contributed by atoms with E-state index in [0.29, 0.717) is 0 Å². The van der Waals surface area contributed by atoms with Crippen LogP contribution in [0, 0.1) is 0 Å². The highest BCUT2D eigenvalue weighted by Gasteiger charge is 2.38. The Bertz CT molecular complexity index is 3920. The molecule has 0 bridgehead atoms. The molecule has 0 spiro atoms. The van der Waals surface area contributed by atoms with Gasteiger partial charge in [-0.2, -0.15) is 0 Å². The summed E-state index contributed by atoms with van der Waals surface area (Å²) in [5.41, 5.74) is 12.8. The van der Waals surface area contributed by atoms with Crippen LogP contribution >= 0.6 is 0 Å². The number of anilines is 9. The van der Waals surface area contributed by atoms with Crippen LogP contribution in [-0.4, -0.2) is 8.07 Å². The summed E-state index contributed by atoms with van der Waals surface area (Å²) >= 11 is 0. The van der Waals surface area contributed by atoms with Crippen LogP contribution in [0.4, 0.5) is 51.2 Å². The first-order valence-corrected chi connectivity index (χ1v) is 27.3. The summed E-state index contributed by atoms with van der Waals surface area (Å²) in [5.74, 6) is 0. The fourth-order valence-electron chi connectivity index (χ4n) is 11.2. The minimum absolute atomic E-state index is 1.11. The highest BCUT2D eigenvalue weighted by molar-refractivity contribution is 7.03. The lowest BCUT2D eigenvalue weighted by Crippen LogP contribution is -2.56. The van der Waals surface area contributed by atoms with Crippen LogP contribution in [-0.2, 0) is 0 Å². The van der Waals surface area contributed by atoms with Gasteiger partial charge in [-0.3, -0.25) is 0 Å². The van der Waals surface area contributed by atoms with Crippen molar-refractivity contribution in [3.63, 3.8) is 0 Å². The first-order valence-electron chi connectivity index (χ1n) is 24.3. The van der Waals surface area contributed by atoms with E-state index in [1.807, 2.05) is 0 Å². The highest BCUT2D eigenvalue weighted by Crippen LogP contribution is 2.48. The van der Waals surface area contributed by atoms with Gasteiger partial charge in [0.1, 0.15) is 8.07 Å². The van der Waals surface area contributed by atoms with Gasteiger partial charge in [0.25, 0.3) is 0 Å². The molecule has 0 fully saturated rings. The maximum Gasteiger partial charge on any atom is 0.114 e.